The fourth-order valence-electron chi connectivity index (χ4n) is 1.86. The van der Waals surface area contributed by atoms with Crippen LogP contribution in [0.2, 0.25) is 0 Å². The highest BCUT2D eigenvalue weighted by atomic mass is 19.3. The van der Waals surface area contributed by atoms with E-state index in [-0.39, 0.29) is 23.9 Å². The van der Waals surface area contributed by atoms with E-state index in [1.807, 2.05) is 6.07 Å². The van der Waals surface area contributed by atoms with Crippen molar-refractivity contribution in [3.05, 3.63) is 47.7 Å². The first kappa shape index (κ1) is 20.6. The number of anilines is 1. The van der Waals surface area contributed by atoms with Crippen LogP contribution in [0.15, 0.2) is 36.4 Å². The van der Waals surface area contributed by atoms with Gasteiger partial charge in [0.2, 0.25) is 12.3 Å². The summed E-state index contributed by atoms with van der Waals surface area (Å²) in [4.78, 5) is 12.9. The number of alkyl halides is 2. The van der Waals surface area contributed by atoms with Gasteiger partial charge in [-0.2, -0.15) is 14.0 Å². The highest BCUT2D eigenvalue weighted by Crippen LogP contribution is 2.28. The van der Waals surface area contributed by atoms with E-state index in [1.165, 1.54) is 6.07 Å². The minimum absolute atomic E-state index is 0.0262. The summed E-state index contributed by atoms with van der Waals surface area (Å²) < 4.78 is 34.9. The van der Waals surface area contributed by atoms with Crippen LogP contribution in [0.5, 0.6) is 11.6 Å². The Morgan fingerprint density at radius 3 is 2.62 bits per heavy atom. The molecule has 4 N–H and O–H groups in total. The second kappa shape index (κ2) is 11.2. The molecule has 26 heavy (non-hydrogen) atoms. The maximum absolute atomic E-state index is 12.5. The molecule has 0 unspecified atom stereocenters. The molecule has 10 heteroatoms. The molecule has 0 spiro atoms. The molecule has 1 aromatic carbocycles. The Morgan fingerprint density at radius 2 is 2.04 bits per heavy atom. The van der Waals surface area contributed by atoms with Gasteiger partial charge in [-0.15, -0.1) is 0 Å². The van der Waals surface area contributed by atoms with E-state index in [0.29, 0.717) is 17.7 Å². The summed E-state index contributed by atoms with van der Waals surface area (Å²) in [6.45, 7) is -2.95. The normalized spacial score (nSPS) is 9.38. The summed E-state index contributed by atoms with van der Waals surface area (Å²) >= 11 is 0. The van der Waals surface area contributed by atoms with Crippen molar-refractivity contribution in [1.82, 2.24) is 10.4 Å². The molecule has 0 aliphatic rings. The minimum atomic E-state index is -2.93. The highest BCUT2D eigenvalue weighted by Gasteiger charge is 2.14. The van der Waals surface area contributed by atoms with E-state index in [4.69, 9.17) is 14.8 Å². The third kappa shape index (κ3) is 6.58. The third-order valence-electron chi connectivity index (χ3n) is 2.89. The van der Waals surface area contributed by atoms with Gasteiger partial charge in [-0.05, 0) is 18.2 Å². The van der Waals surface area contributed by atoms with Gasteiger partial charge in [-0.3, -0.25) is 10.2 Å². The number of hydrazine groups is 1. The van der Waals surface area contributed by atoms with Gasteiger partial charge in [-0.1, -0.05) is 12.1 Å². The smallest absolute Gasteiger partial charge is 0.387 e. The SMILES string of the molecule is CNc1cccc(OC(F)F)c1COc1cccc(C#N)n1.NNC=O. The molecule has 0 saturated heterocycles. The quantitative estimate of drug-likeness (QED) is 0.296. The third-order valence-corrected chi connectivity index (χ3v) is 2.89. The summed E-state index contributed by atoms with van der Waals surface area (Å²) in [6, 6.07) is 11.4. The summed E-state index contributed by atoms with van der Waals surface area (Å²) in [5.41, 5.74) is 3.01. The van der Waals surface area contributed by atoms with Crippen LogP contribution in [0.3, 0.4) is 0 Å². The average molecular weight is 365 g/mol. The van der Waals surface area contributed by atoms with Crippen LogP contribution in [0.4, 0.5) is 14.5 Å². The molecule has 0 atom stereocenters. The number of ether oxygens (including phenoxy) is 2. The minimum Gasteiger partial charge on any atom is -0.473 e. The summed E-state index contributed by atoms with van der Waals surface area (Å²) in [5, 5.41) is 11.7. The lowest BCUT2D eigenvalue weighted by Gasteiger charge is -2.15. The number of benzene rings is 1. The maximum Gasteiger partial charge on any atom is 0.387 e. The van der Waals surface area contributed by atoms with E-state index in [0.717, 1.165) is 0 Å². The molecule has 138 valence electrons. The molecule has 0 bridgehead atoms. The Morgan fingerprint density at radius 1 is 1.35 bits per heavy atom. The number of aromatic nitrogens is 1. The molecule has 2 aromatic rings. The molecule has 8 nitrogen and oxygen atoms in total. The second-order valence-corrected chi connectivity index (χ2v) is 4.46. The van der Waals surface area contributed by atoms with Crippen molar-refractivity contribution in [3.8, 4) is 17.7 Å². The number of nitrogens with one attached hydrogen (secondary N) is 2. The molecule has 1 heterocycles. The first-order valence-electron chi connectivity index (χ1n) is 7.19. The molecule has 0 fully saturated rings. The van der Waals surface area contributed by atoms with Crippen LogP contribution in [-0.4, -0.2) is 25.1 Å². The van der Waals surface area contributed by atoms with Gasteiger partial charge < -0.3 is 14.8 Å². The van der Waals surface area contributed by atoms with E-state index in [9.17, 15) is 8.78 Å². The highest BCUT2D eigenvalue weighted by molar-refractivity contribution is 5.57. The van der Waals surface area contributed by atoms with E-state index < -0.39 is 6.61 Å². The molecular weight excluding hydrogens is 348 g/mol. The number of rotatable bonds is 7. The number of halogens is 2. The van der Waals surface area contributed by atoms with Crippen LogP contribution >= 0.6 is 0 Å². The number of hydrogen-bond acceptors (Lipinski definition) is 7. The zero-order valence-electron chi connectivity index (χ0n) is 13.8. The number of hydrogen-bond donors (Lipinski definition) is 3. The molecular formula is C16H17F2N5O3. The van der Waals surface area contributed by atoms with Crippen molar-refractivity contribution in [3.63, 3.8) is 0 Å². The van der Waals surface area contributed by atoms with Crippen molar-refractivity contribution < 1.29 is 23.0 Å². The van der Waals surface area contributed by atoms with Crippen LogP contribution in [0.25, 0.3) is 0 Å². The van der Waals surface area contributed by atoms with E-state index >= 15 is 0 Å². The van der Waals surface area contributed by atoms with Crippen molar-refractivity contribution in [2.45, 2.75) is 13.2 Å². The first-order valence-corrected chi connectivity index (χ1v) is 7.19. The largest absolute Gasteiger partial charge is 0.473 e. The zero-order chi connectivity index (χ0) is 19.4. The molecule has 0 saturated carbocycles. The van der Waals surface area contributed by atoms with Crippen LogP contribution < -0.4 is 26.1 Å². The molecule has 2 rings (SSSR count). The van der Waals surface area contributed by atoms with Crippen molar-refractivity contribution in [2.24, 2.45) is 5.84 Å². The van der Waals surface area contributed by atoms with Crippen molar-refractivity contribution >= 4 is 12.1 Å². The Balaban J connectivity index is 0.000000765. The molecule has 0 aliphatic carbocycles. The first-order chi connectivity index (χ1) is 12.5. The lowest BCUT2D eigenvalue weighted by Crippen LogP contribution is -2.18. The van der Waals surface area contributed by atoms with Crippen LogP contribution in [0, 0.1) is 11.3 Å². The van der Waals surface area contributed by atoms with Crippen LogP contribution in [-0.2, 0) is 11.4 Å². The van der Waals surface area contributed by atoms with E-state index in [2.05, 4.69) is 20.9 Å². The predicted molar refractivity (Wildman–Crippen MR) is 89.3 cm³/mol. The van der Waals surface area contributed by atoms with Gasteiger partial charge in [0.15, 0.2) is 0 Å². The maximum atomic E-state index is 12.5. The number of carbonyl (C=O) groups is 1. The summed E-state index contributed by atoms with van der Waals surface area (Å²) in [5.74, 6) is 4.67. The number of carbonyl (C=O) groups excluding carboxylic acids is 1. The number of nitriles is 1. The zero-order valence-corrected chi connectivity index (χ0v) is 13.8. The predicted octanol–water partition coefficient (Wildman–Crippen LogP) is 1.78. The lowest BCUT2D eigenvalue weighted by atomic mass is 10.1. The number of nitrogens with two attached hydrogens (primary N) is 1. The average Bonchev–Trinajstić information content (AvgIpc) is 2.66. The molecule has 0 aliphatic heterocycles. The van der Waals surface area contributed by atoms with Gasteiger partial charge in [0.05, 0.1) is 5.56 Å². The monoisotopic (exact) mass is 365 g/mol. The number of amides is 1. The van der Waals surface area contributed by atoms with Crippen LogP contribution in [0.1, 0.15) is 11.3 Å². The van der Waals surface area contributed by atoms with Crippen molar-refractivity contribution in [2.75, 3.05) is 12.4 Å². The molecule has 0 radical (unpaired) electrons. The standard InChI is InChI=1S/C15H13F2N3O2.CH4N2O/c1-19-12-5-3-6-13(22-15(16)17)11(12)9-21-14-7-2-4-10(8-18)20-14;2-3-1-4/h2-7,15,19H,9H2,1H3;1H,2H2,(H,3,4). The van der Waals surface area contributed by atoms with Gasteiger partial charge >= 0.3 is 6.61 Å². The van der Waals surface area contributed by atoms with Gasteiger partial charge in [-0.25, -0.2) is 10.8 Å². The van der Waals surface area contributed by atoms with Gasteiger partial charge in [0.1, 0.15) is 24.1 Å². The number of pyridine rings is 1. The van der Waals surface area contributed by atoms with Gasteiger partial charge in [0.25, 0.3) is 0 Å². The topological polar surface area (TPSA) is 122 Å². The fourth-order valence-corrected chi connectivity index (χ4v) is 1.86. The summed E-state index contributed by atoms with van der Waals surface area (Å²) in [7, 11) is 1.67. The summed E-state index contributed by atoms with van der Waals surface area (Å²) in [6.07, 6.45) is 0.403. The lowest BCUT2D eigenvalue weighted by molar-refractivity contribution is -0.109. The van der Waals surface area contributed by atoms with Crippen molar-refractivity contribution in [1.29, 1.82) is 5.26 Å². The second-order valence-electron chi connectivity index (χ2n) is 4.46. The fraction of sp³-hybridized carbons (Fsp3) is 0.188. The Bertz CT molecular complexity index is 753. The Hall–Kier alpha value is -3.45. The molecule has 1 amide bonds. The Kier molecular flexibility index (Phi) is 8.84. The van der Waals surface area contributed by atoms with Gasteiger partial charge in [0, 0.05) is 18.8 Å². The van der Waals surface area contributed by atoms with E-state index in [1.54, 1.807) is 42.8 Å². The molecule has 1 aromatic heterocycles. The Labute approximate surface area is 148 Å². The number of nitrogens with zero attached hydrogens (tertiary/aromatic N) is 2.